The van der Waals surface area contributed by atoms with Gasteiger partial charge in [0.1, 0.15) is 5.60 Å². The highest BCUT2D eigenvalue weighted by Crippen LogP contribution is 2.06. The maximum atomic E-state index is 11.4. The summed E-state index contributed by atoms with van der Waals surface area (Å²) >= 11 is 0. The standard InChI is InChI=1S/C15H21NO3/c1-15(2,3)19-14(18)16-11-13(17)10-9-12-7-5-4-6-8-12/h4-10,13,17H,11H2,1-3H3,(H,16,18)/b10-9+. The van der Waals surface area contributed by atoms with E-state index in [1.54, 1.807) is 32.9 Å². The first-order valence-corrected chi connectivity index (χ1v) is 6.25. The lowest BCUT2D eigenvalue weighted by molar-refractivity contribution is 0.0505. The van der Waals surface area contributed by atoms with Crippen LogP contribution in [0.2, 0.25) is 0 Å². The summed E-state index contributed by atoms with van der Waals surface area (Å²) in [5.74, 6) is 0. The number of carbonyl (C=O) groups excluding carboxylic acids is 1. The molecule has 0 heterocycles. The molecule has 1 rings (SSSR count). The second-order valence-corrected chi connectivity index (χ2v) is 5.22. The molecule has 19 heavy (non-hydrogen) atoms. The third-order valence-corrected chi connectivity index (χ3v) is 2.16. The average Bonchev–Trinajstić information content (AvgIpc) is 2.33. The predicted octanol–water partition coefficient (Wildman–Crippen LogP) is 2.59. The molecule has 1 aromatic rings. The fourth-order valence-corrected chi connectivity index (χ4v) is 1.36. The second-order valence-electron chi connectivity index (χ2n) is 5.22. The Morgan fingerprint density at radius 3 is 2.58 bits per heavy atom. The Morgan fingerprint density at radius 1 is 1.37 bits per heavy atom. The Kier molecular flexibility index (Phi) is 5.57. The molecule has 0 bridgehead atoms. The molecule has 104 valence electrons. The van der Waals surface area contributed by atoms with E-state index in [0.29, 0.717) is 0 Å². The summed E-state index contributed by atoms with van der Waals surface area (Å²) in [7, 11) is 0. The van der Waals surface area contributed by atoms with Crippen molar-refractivity contribution in [1.29, 1.82) is 0 Å². The summed E-state index contributed by atoms with van der Waals surface area (Å²) in [6.07, 6.45) is 2.17. The number of carbonyl (C=O) groups is 1. The van der Waals surface area contributed by atoms with Gasteiger partial charge in [0, 0.05) is 0 Å². The third-order valence-electron chi connectivity index (χ3n) is 2.16. The predicted molar refractivity (Wildman–Crippen MR) is 75.7 cm³/mol. The van der Waals surface area contributed by atoms with Gasteiger partial charge in [0.25, 0.3) is 0 Å². The van der Waals surface area contributed by atoms with Crippen LogP contribution in [0.3, 0.4) is 0 Å². The van der Waals surface area contributed by atoms with Gasteiger partial charge in [-0.15, -0.1) is 0 Å². The molecule has 1 unspecified atom stereocenters. The van der Waals surface area contributed by atoms with Crippen molar-refractivity contribution in [2.45, 2.75) is 32.5 Å². The van der Waals surface area contributed by atoms with E-state index in [1.165, 1.54) is 0 Å². The highest BCUT2D eigenvalue weighted by molar-refractivity contribution is 5.67. The van der Waals surface area contributed by atoms with Crippen molar-refractivity contribution in [3.8, 4) is 0 Å². The van der Waals surface area contributed by atoms with E-state index in [-0.39, 0.29) is 6.54 Å². The Labute approximate surface area is 114 Å². The largest absolute Gasteiger partial charge is 0.444 e. The summed E-state index contributed by atoms with van der Waals surface area (Å²) in [5.41, 5.74) is 0.466. The number of alkyl carbamates (subject to hydrolysis) is 1. The van der Waals surface area contributed by atoms with Crippen molar-refractivity contribution in [2.75, 3.05) is 6.54 Å². The van der Waals surface area contributed by atoms with Gasteiger partial charge in [-0.25, -0.2) is 4.79 Å². The number of benzene rings is 1. The molecule has 0 aliphatic heterocycles. The number of hydrogen-bond donors (Lipinski definition) is 2. The van der Waals surface area contributed by atoms with Gasteiger partial charge < -0.3 is 15.2 Å². The maximum Gasteiger partial charge on any atom is 0.407 e. The highest BCUT2D eigenvalue weighted by Gasteiger charge is 2.16. The van der Waals surface area contributed by atoms with Gasteiger partial charge >= 0.3 is 6.09 Å². The van der Waals surface area contributed by atoms with Gasteiger partial charge in [0.05, 0.1) is 12.6 Å². The number of ether oxygens (including phenoxy) is 1. The zero-order valence-electron chi connectivity index (χ0n) is 11.6. The Morgan fingerprint density at radius 2 is 2.00 bits per heavy atom. The van der Waals surface area contributed by atoms with Gasteiger partial charge in [-0.2, -0.15) is 0 Å². The van der Waals surface area contributed by atoms with Gasteiger partial charge in [-0.3, -0.25) is 0 Å². The van der Waals surface area contributed by atoms with Crippen LogP contribution in [0.5, 0.6) is 0 Å². The molecule has 0 radical (unpaired) electrons. The van der Waals surface area contributed by atoms with E-state index in [2.05, 4.69) is 5.32 Å². The van der Waals surface area contributed by atoms with Crippen LogP contribution in [0.1, 0.15) is 26.3 Å². The SMILES string of the molecule is CC(C)(C)OC(=O)NCC(O)/C=C/c1ccccc1. The maximum absolute atomic E-state index is 11.4. The minimum Gasteiger partial charge on any atom is -0.444 e. The van der Waals surface area contributed by atoms with Crippen LogP contribution in [0.25, 0.3) is 6.08 Å². The number of rotatable bonds is 4. The number of aliphatic hydroxyl groups is 1. The zero-order valence-corrected chi connectivity index (χ0v) is 11.6. The molecular weight excluding hydrogens is 242 g/mol. The normalized spacial score (nSPS) is 13.3. The van der Waals surface area contributed by atoms with Crippen LogP contribution in [0.15, 0.2) is 36.4 Å². The minimum absolute atomic E-state index is 0.123. The quantitative estimate of drug-likeness (QED) is 0.877. The first-order chi connectivity index (χ1) is 8.87. The minimum atomic E-state index is -0.743. The molecule has 0 spiro atoms. The summed E-state index contributed by atoms with van der Waals surface area (Å²) < 4.78 is 5.07. The van der Waals surface area contributed by atoms with Gasteiger partial charge in [-0.1, -0.05) is 42.5 Å². The lowest BCUT2D eigenvalue weighted by Gasteiger charge is -2.20. The van der Waals surface area contributed by atoms with Crippen LogP contribution < -0.4 is 5.32 Å². The number of aliphatic hydroxyl groups excluding tert-OH is 1. The van der Waals surface area contributed by atoms with Crippen molar-refractivity contribution in [2.24, 2.45) is 0 Å². The highest BCUT2D eigenvalue weighted by atomic mass is 16.6. The van der Waals surface area contributed by atoms with Gasteiger partial charge in [0.15, 0.2) is 0 Å². The fourth-order valence-electron chi connectivity index (χ4n) is 1.36. The molecule has 0 aromatic heterocycles. The summed E-state index contributed by atoms with van der Waals surface area (Å²) in [6.45, 7) is 5.49. The van der Waals surface area contributed by atoms with Crippen LogP contribution >= 0.6 is 0 Å². The van der Waals surface area contributed by atoms with Crippen molar-refractivity contribution < 1.29 is 14.6 Å². The van der Waals surface area contributed by atoms with Gasteiger partial charge in [0.2, 0.25) is 0 Å². The Balaban J connectivity index is 2.34. The topological polar surface area (TPSA) is 58.6 Å². The van der Waals surface area contributed by atoms with Crippen LogP contribution in [0, 0.1) is 0 Å². The van der Waals surface area contributed by atoms with E-state index in [1.807, 2.05) is 30.3 Å². The molecule has 4 heteroatoms. The molecular formula is C15H21NO3. The first-order valence-electron chi connectivity index (χ1n) is 6.25. The zero-order chi connectivity index (χ0) is 14.3. The van der Waals surface area contributed by atoms with Crippen molar-refractivity contribution in [3.05, 3.63) is 42.0 Å². The fraction of sp³-hybridized carbons (Fsp3) is 0.400. The second kappa shape index (κ2) is 6.95. The molecule has 1 amide bonds. The van der Waals surface area contributed by atoms with Crippen molar-refractivity contribution >= 4 is 12.2 Å². The molecule has 0 fully saturated rings. The van der Waals surface area contributed by atoms with Crippen molar-refractivity contribution in [3.63, 3.8) is 0 Å². The van der Waals surface area contributed by atoms with Crippen LogP contribution in [-0.2, 0) is 4.74 Å². The number of hydrogen-bond acceptors (Lipinski definition) is 3. The molecule has 0 aliphatic rings. The Bertz CT molecular complexity index is 421. The lowest BCUT2D eigenvalue weighted by atomic mass is 10.2. The monoisotopic (exact) mass is 263 g/mol. The summed E-state index contributed by atoms with van der Waals surface area (Å²) in [4.78, 5) is 11.4. The van der Waals surface area contributed by atoms with Crippen LogP contribution in [0.4, 0.5) is 4.79 Å². The van der Waals surface area contributed by atoms with E-state index >= 15 is 0 Å². The molecule has 1 aromatic carbocycles. The molecule has 0 saturated carbocycles. The van der Waals surface area contributed by atoms with E-state index in [0.717, 1.165) is 5.56 Å². The number of nitrogens with one attached hydrogen (secondary N) is 1. The molecule has 0 saturated heterocycles. The molecule has 2 N–H and O–H groups in total. The first kappa shape index (κ1) is 15.2. The lowest BCUT2D eigenvalue weighted by Crippen LogP contribution is -2.36. The smallest absolute Gasteiger partial charge is 0.407 e. The Hall–Kier alpha value is -1.81. The van der Waals surface area contributed by atoms with E-state index < -0.39 is 17.8 Å². The summed E-state index contributed by atoms with van der Waals surface area (Å²) in [5, 5.41) is 12.2. The number of amides is 1. The van der Waals surface area contributed by atoms with Crippen LogP contribution in [-0.4, -0.2) is 29.4 Å². The van der Waals surface area contributed by atoms with Gasteiger partial charge in [-0.05, 0) is 26.3 Å². The third kappa shape index (κ3) is 7.26. The van der Waals surface area contributed by atoms with Crippen molar-refractivity contribution in [1.82, 2.24) is 5.32 Å². The van der Waals surface area contributed by atoms with E-state index in [4.69, 9.17) is 4.74 Å². The molecule has 4 nitrogen and oxygen atoms in total. The molecule has 1 atom stereocenters. The average molecular weight is 263 g/mol. The molecule has 0 aliphatic carbocycles. The summed E-state index contributed by atoms with van der Waals surface area (Å²) in [6, 6.07) is 9.64. The van der Waals surface area contributed by atoms with E-state index in [9.17, 15) is 9.90 Å².